The number of aromatic hydroxyl groups is 1. The van der Waals surface area contributed by atoms with Crippen molar-refractivity contribution in [3.05, 3.63) is 28.8 Å². The van der Waals surface area contributed by atoms with Gasteiger partial charge in [-0.15, -0.1) is 0 Å². The topological polar surface area (TPSA) is 63.3 Å². The average Bonchev–Trinajstić information content (AvgIpc) is 2.13. The molecule has 0 bridgehead atoms. The lowest BCUT2D eigenvalue weighted by Crippen LogP contribution is -2.17. The molecular formula is C9H5F6NO2. The Balaban J connectivity index is 3.63. The van der Waals surface area contributed by atoms with E-state index in [1.807, 2.05) is 0 Å². The van der Waals surface area contributed by atoms with Crippen LogP contribution in [0.25, 0.3) is 0 Å². The summed E-state index contributed by atoms with van der Waals surface area (Å²) in [6, 6.07) is -0.228. The van der Waals surface area contributed by atoms with Crippen LogP contribution in [0.5, 0.6) is 5.75 Å². The fraction of sp³-hybridized carbons (Fsp3) is 0.222. The maximum Gasteiger partial charge on any atom is 0.419 e. The van der Waals surface area contributed by atoms with E-state index < -0.39 is 40.7 Å². The van der Waals surface area contributed by atoms with Gasteiger partial charge in [-0.3, -0.25) is 4.79 Å². The number of alkyl halides is 6. The van der Waals surface area contributed by atoms with Gasteiger partial charge in [0.2, 0.25) is 0 Å². The van der Waals surface area contributed by atoms with Gasteiger partial charge in [0.1, 0.15) is 5.75 Å². The van der Waals surface area contributed by atoms with Gasteiger partial charge in [0.05, 0.1) is 16.7 Å². The summed E-state index contributed by atoms with van der Waals surface area (Å²) in [4.78, 5) is 10.7. The highest BCUT2D eigenvalue weighted by molar-refractivity contribution is 5.96. The van der Waals surface area contributed by atoms with Crippen molar-refractivity contribution in [3.63, 3.8) is 0 Å². The van der Waals surface area contributed by atoms with Crippen LogP contribution in [0, 0.1) is 0 Å². The van der Waals surface area contributed by atoms with Crippen LogP contribution >= 0.6 is 0 Å². The normalized spacial score (nSPS) is 12.6. The third-order valence-electron chi connectivity index (χ3n) is 2.01. The number of benzene rings is 1. The standard InChI is InChI=1S/C9H5F6NO2/c10-8(11,12)3-1-4(7(16)18)6(17)5(2-3)9(13,14)15/h1-2,17H,(H2,16,18). The first-order valence-electron chi connectivity index (χ1n) is 4.26. The summed E-state index contributed by atoms with van der Waals surface area (Å²) in [6.45, 7) is 0. The van der Waals surface area contributed by atoms with Crippen molar-refractivity contribution in [1.29, 1.82) is 0 Å². The molecule has 1 rings (SSSR count). The molecule has 9 heteroatoms. The van der Waals surface area contributed by atoms with E-state index in [2.05, 4.69) is 5.73 Å². The summed E-state index contributed by atoms with van der Waals surface area (Å²) in [7, 11) is 0. The van der Waals surface area contributed by atoms with E-state index in [0.717, 1.165) is 0 Å². The minimum absolute atomic E-state index is 0.0624. The Hall–Kier alpha value is -1.93. The van der Waals surface area contributed by atoms with Gasteiger partial charge in [-0.1, -0.05) is 0 Å². The zero-order valence-electron chi connectivity index (χ0n) is 8.36. The molecule has 0 saturated carbocycles. The maximum atomic E-state index is 12.4. The highest BCUT2D eigenvalue weighted by atomic mass is 19.4. The molecule has 1 aromatic carbocycles. The largest absolute Gasteiger partial charge is 0.506 e. The quantitative estimate of drug-likeness (QED) is 0.772. The first-order chi connectivity index (χ1) is 7.94. The second-order valence-electron chi connectivity index (χ2n) is 3.28. The lowest BCUT2D eigenvalue weighted by molar-refractivity contribution is -0.143. The molecule has 0 aliphatic carbocycles. The van der Waals surface area contributed by atoms with E-state index >= 15 is 0 Å². The highest BCUT2D eigenvalue weighted by Gasteiger charge is 2.40. The van der Waals surface area contributed by atoms with Crippen molar-refractivity contribution in [2.75, 3.05) is 0 Å². The molecule has 100 valence electrons. The second-order valence-corrected chi connectivity index (χ2v) is 3.28. The lowest BCUT2D eigenvalue weighted by atomic mass is 10.0. The Morgan fingerprint density at radius 2 is 1.56 bits per heavy atom. The Kier molecular flexibility index (Phi) is 3.20. The van der Waals surface area contributed by atoms with Crippen LogP contribution in [-0.4, -0.2) is 11.0 Å². The van der Waals surface area contributed by atoms with Gasteiger partial charge in [-0.2, -0.15) is 26.3 Å². The predicted molar refractivity (Wildman–Crippen MR) is 46.6 cm³/mol. The summed E-state index contributed by atoms with van der Waals surface area (Å²) < 4.78 is 74.1. The van der Waals surface area contributed by atoms with Crippen molar-refractivity contribution < 1.29 is 36.2 Å². The van der Waals surface area contributed by atoms with Crippen molar-refractivity contribution in [1.82, 2.24) is 0 Å². The molecule has 0 radical (unpaired) electrons. The third kappa shape index (κ3) is 2.66. The summed E-state index contributed by atoms with van der Waals surface area (Å²) in [5.74, 6) is -3.22. The number of hydrogen-bond acceptors (Lipinski definition) is 2. The number of nitrogens with two attached hydrogens (primary N) is 1. The Morgan fingerprint density at radius 1 is 1.06 bits per heavy atom. The van der Waals surface area contributed by atoms with E-state index in [0.29, 0.717) is 0 Å². The second kappa shape index (κ2) is 4.07. The third-order valence-corrected chi connectivity index (χ3v) is 2.01. The SMILES string of the molecule is NC(=O)c1cc(C(F)(F)F)cc(C(F)(F)F)c1O. The molecule has 0 unspecified atom stereocenters. The number of amides is 1. The number of phenols is 1. The summed E-state index contributed by atoms with van der Waals surface area (Å²) in [5.41, 5.74) is -0.321. The van der Waals surface area contributed by atoms with E-state index in [1.165, 1.54) is 0 Å². The number of carbonyl (C=O) groups is 1. The van der Waals surface area contributed by atoms with Gasteiger partial charge < -0.3 is 10.8 Å². The summed E-state index contributed by atoms with van der Waals surface area (Å²) >= 11 is 0. The number of rotatable bonds is 1. The molecule has 0 spiro atoms. The van der Waals surface area contributed by atoms with Gasteiger partial charge >= 0.3 is 12.4 Å². The molecule has 18 heavy (non-hydrogen) atoms. The van der Waals surface area contributed by atoms with Crippen molar-refractivity contribution >= 4 is 5.91 Å². The van der Waals surface area contributed by atoms with Crippen LogP contribution in [0.15, 0.2) is 12.1 Å². The monoisotopic (exact) mass is 273 g/mol. The first-order valence-corrected chi connectivity index (χ1v) is 4.26. The van der Waals surface area contributed by atoms with Gasteiger partial charge in [-0.05, 0) is 12.1 Å². The van der Waals surface area contributed by atoms with Crippen LogP contribution in [0.1, 0.15) is 21.5 Å². The van der Waals surface area contributed by atoms with Crippen LogP contribution < -0.4 is 5.73 Å². The average molecular weight is 273 g/mol. The van der Waals surface area contributed by atoms with Crippen LogP contribution in [0.4, 0.5) is 26.3 Å². The molecule has 1 aromatic rings. The Labute approximate surface area is 95.8 Å². The van der Waals surface area contributed by atoms with Crippen molar-refractivity contribution in [2.45, 2.75) is 12.4 Å². The molecule has 0 aromatic heterocycles. The molecule has 0 aliphatic rings. The molecule has 0 saturated heterocycles. The maximum absolute atomic E-state index is 12.4. The van der Waals surface area contributed by atoms with E-state index in [-0.39, 0.29) is 12.1 Å². The molecular weight excluding hydrogens is 268 g/mol. The lowest BCUT2D eigenvalue weighted by Gasteiger charge is -2.15. The molecule has 0 fully saturated rings. The van der Waals surface area contributed by atoms with E-state index in [1.54, 1.807) is 0 Å². The van der Waals surface area contributed by atoms with Gasteiger partial charge in [-0.25, -0.2) is 0 Å². The Morgan fingerprint density at radius 3 is 1.89 bits per heavy atom. The van der Waals surface area contributed by atoms with Crippen molar-refractivity contribution in [2.24, 2.45) is 5.73 Å². The molecule has 0 aliphatic heterocycles. The smallest absolute Gasteiger partial charge is 0.419 e. The number of carbonyl (C=O) groups excluding carboxylic acids is 1. The number of primary amides is 1. The predicted octanol–water partition coefficient (Wildman–Crippen LogP) is 2.53. The summed E-state index contributed by atoms with van der Waals surface area (Å²) in [6.07, 6.45) is -10.3. The molecule has 1 amide bonds. The minimum atomic E-state index is -5.24. The van der Waals surface area contributed by atoms with Gasteiger partial charge in [0.15, 0.2) is 0 Å². The van der Waals surface area contributed by atoms with Crippen molar-refractivity contribution in [3.8, 4) is 5.75 Å². The van der Waals surface area contributed by atoms with E-state index in [4.69, 9.17) is 5.11 Å². The summed E-state index contributed by atoms with van der Waals surface area (Å²) in [5, 5.41) is 9.10. The van der Waals surface area contributed by atoms with Gasteiger partial charge in [0, 0.05) is 0 Å². The fourth-order valence-electron chi connectivity index (χ4n) is 1.20. The Bertz CT molecular complexity index is 491. The van der Waals surface area contributed by atoms with Crippen LogP contribution in [-0.2, 0) is 12.4 Å². The number of halogens is 6. The number of hydrogen-bond donors (Lipinski definition) is 2. The van der Waals surface area contributed by atoms with Gasteiger partial charge in [0.25, 0.3) is 5.91 Å². The van der Waals surface area contributed by atoms with E-state index in [9.17, 15) is 31.1 Å². The van der Waals surface area contributed by atoms with Crippen LogP contribution in [0.2, 0.25) is 0 Å². The highest BCUT2D eigenvalue weighted by Crippen LogP contribution is 2.41. The minimum Gasteiger partial charge on any atom is -0.506 e. The molecule has 0 heterocycles. The molecule has 3 N–H and O–H groups in total. The zero-order valence-corrected chi connectivity index (χ0v) is 8.36. The molecule has 0 atom stereocenters. The zero-order chi connectivity index (χ0) is 14.3. The van der Waals surface area contributed by atoms with Crippen LogP contribution in [0.3, 0.4) is 0 Å². The fourth-order valence-corrected chi connectivity index (χ4v) is 1.20. The first kappa shape index (κ1) is 14.1. The molecule has 3 nitrogen and oxygen atoms in total.